The van der Waals surface area contributed by atoms with Crippen LogP contribution in [0.2, 0.25) is 0 Å². The van der Waals surface area contributed by atoms with Crippen LogP contribution in [-0.2, 0) is 0 Å². The van der Waals surface area contributed by atoms with Gasteiger partial charge in [0.1, 0.15) is 0 Å². The summed E-state index contributed by atoms with van der Waals surface area (Å²) < 4.78 is 0. The van der Waals surface area contributed by atoms with Crippen LogP contribution < -0.4 is 4.90 Å². The average Bonchev–Trinajstić information content (AvgIpc) is 2.40. The van der Waals surface area contributed by atoms with Crippen molar-refractivity contribution in [3.05, 3.63) is 66.2 Å². The van der Waals surface area contributed by atoms with Crippen molar-refractivity contribution >= 4 is 23.5 Å². The Balaban J connectivity index is 2.62. The molecule has 1 amide bonds. The SMILES string of the molecule is C=Cc1c(C)cccc1N(C(=O)O)c1ccccc1. The second kappa shape index (κ2) is 5.40. The Bertz CT molecular complexity index is 605. The topological polar surface area (TPSA) is 40.5 Å². The van der Waals surface area contributed by atoms with Crippen molar-refractivity contribution in [2.75, 3.05) is 4.90 Å². The number of hydrogen-bond acceptors (Lipinski definition) is 1. The summed E-state index contributed by atoms with van der Waals surface area (Å²) in [6.07, 6.45) is 0.670. The zero-order valence-electron chi connectivity index (χ0n) is 10.7. The predicted molar refractivity (Wildman–Crippen MR) is 77.9 cm³/mol. The third-order valence-electron chi connectivity index (χ3n) is 2.95. The molecule has 19 heavy (non-hydrogen) atoms. The highest BCUT2D eigenvalue weighted by Gasteiger charge is 2.19. The summed E-state index contributed by atoms with van der Waals surface area (Å²) in [5.74, 6) is 0. The summed E-state index contributed by atoms with van der Waals surface area (Å²) >= 11 is 0. The van der Waals surface area contributed by atoms with E-state index >= 15 is 0 Å². The number of para-hydroxylation sites is 1. The van der Waals surface area contributed by atoms with Gasteiger partial charge in [0.25, 0.3) is 0 Å². The van der Waals surface area contributed by atoms with E-state index in [9.17, 15) is 9.90 Å². The van der Waals surface area contributed by atoms with Crippen molar-refractivity contribution in [1.82, 2.24) is 0 Å². The normalized spacial score (nSPS) is 9.95. The summed E-state index contributed by atoms with van der Waals surface area (Å²) in [4.78, 5) is 12.8. The number of amides is 1. The molecule has 96 valence electrons. The Labute approximate surface area is 112 Å². The minimum atomic E-state index is -1.01. The standard InChI is InChI=1S/C16H15NO2/c1-3-14-12(2)8-7-11-15(14)17(16(18)19)13-9-5-4-6-10-13/h3-11H,1H2,2H3,(H,18,19). The summed E-state index contributed by atoms with van der Waals surface area (Å²) in [6, 6.07) is 14.6. The van der Waals surface area contributed by atoms with Crippen LogP contribution in [0.25, 0.3) is 6.08 Å². The van der Waals surface area contributed by atoms with Crippen LogP contribution in [-0.4, -0.2) is 11.2 Å². The zero-order valence-corrected chi connectivity index (χ0v) is 10.7. The molecule has 2 aromatic rings. The van der Waals surface area contributed by atoms with E-state index in [1.165, 1.54) is 4.90 Å². The van der Waals surface area contributed by atoms with Crippen molar-refractivity contribution in [3.63, 3.8) is 0 Å². The molecule has 3 nitrogen and oxygen atoms in total. The second-order valence-corrected chi connectivity index (χ2v) is 4.17. The fourth-order valence-electron chi connectivity index (χ4n) is 2.06. The van der Waals surface area contributed by atoms with Crippen LogP contribution >= 0.6 is 0 Å². The molecule has 2 rings (SSSR count). The number of carbonyl (C=O) groups is 1. The van der Waals surface area contributed by atoms with Crippen molar-refractivity contribution < 1.29 is 9.90 Å². The van der Waals surface area contributed by atoms with Gasteiger partial charge in [-0.1, -0.05) is 43.0 Å². The van der Waals surface area contributed by atoms with E-state index in [0.29, 0.717) is 11.4 Å². The molecule has 0 bridgehead atoms. The highest BCUT2D eigenvalue weighted by molar-refractivity contribution is 5.97. The smallest absolute Gasteiger partial charge is 0.416 e. The Morgan fingerprint density at radius 1 is 1.16 bits per heavy atom. The van der Waals surface area contributed by atoms with Gasteiger partial charge in [-0.25, -0.2) is 9.69 Å². The van der Waals surface area contributed by atoms with Crippen LogP contribution in [0.4, 0.5) is 16.2 Å². The van der Waals surface area contributed by atoms with E-state index in [-0.39, 0.29) is 0 Å². The van der Waals surface area contributed by atoms with Crippen molar-refractivity contribution in [2.45, 2.75) is 6.92 Å². The van der Waals surface area contributed by atoms with Gasteiger partial charge in [-0.15, -0.1) is 0 Å². The van der Waals surface area contributed by atoms with E-state index in [4.69, 9.17) is 0 Å². The van der Waals surface area contributed by atoms with E-state index in [2.05, 4.69) is 6.58 Å². The lowest BCUT2D eigenvalue weighted by Crippen LogP contribution is -2.24. The molecular weight excluding hydrogens is 238 g/mol. The van der Waals surface area contributed by atoms with Crippen molar-refractivity contribution in [3.8, 4) is 0 Å². The summed E-state index contributed by atoms with van der Waals surface area (Å²) in [7, 11) is 0. The highest BCUT2D eigenvalue weighted by Crippen LogP contribution is 2.31. The molecule has 0 saturated heterocycles. The maximum absolute atomic E-state index is 11.6. The molecule has 1 N–H and O–H groups in total. The quantitative estimate of drug-likeness (QED) is 0.877. The lowest BCUT2D eigenvalue weighted by molar-refractivity contribution is 0.205. The number of rotatable bonds is 3. The van der Waals surface area contributed by atoms with Crippen molar-refractivity contribution in [1.29, 1.82) is 0 Å². The third kappa shape index (κ3) is 2.50. The number of nitrogens with zero attached hydrogens (tertiary/aromatic N) is 1. The van der Waals surface area contributed by atoms with E-state index in [0.717, 1.165) is 11.1 Å². The molecule has 0 unspecified atom stereocenters. The Morgan fingerprint density at radius 2 is 1.84 bits per heavy atom. The van der Waals surface area contributed by atoms with Crippen LogP contribution in [0.5, 0.6) is 0 Å². The Kier molecular flexibility index (Phi) is 3.66. The van der Waals surface area contributed by atoms with Crippen molar-refractivity contribution in [2.24, 2.45) is 0 Å². The minimum Gasteiger partial charge on any atom is -0.464 e. The van der Waals surface area contributed by atoms with Gasteiger partial charge in [0.15, 0.2) is 0 Å². The average molecular weight is 253 g/mol. The predicted octanol–water partition coefficient (Wildman–Crippen LogP) is 4.45. The summed E-state index contributed by atoms with van der Waals surface area (Å²) in [6.45, 7) is 5.70. The van der Waals surface area contributed by atoms with Gasteiger partial charge >= 0.3 is 6.09 Å². The second-order valence-electron chi connectivity index (χ2n) is 4.17. The molecule has 0 atom stereocenters. The largest absolute Gasteiger partial charge is 0.464 e. The van der Waals surface area contributed by atoms with Crippen LogP contribution in [0.15, 0.2) is 55.1 Å². The molecule has 0 fully saturated rings. The number of benzene rings is 2. The van der Waals surface area contributed by atoms with Gasteiger partial charge in [0.05, 0.1) is 11.4 Å². The molecule has 2 aromatic carbocycles. The van der Waals surface area contributed by atoms with Crippen LogP contribution in [0.3, 0.4) is 0 Å². The molecule has 0 aliphatic carbocycles. The first-order valence-corrected chi connectivity index (χ1v) is 5.95. The summed E-state index contributed by atoms with van der Waals surface area (Å²) in [5, 5.41) is 9.48. The maximum atomic E-state index is 11.6. The monoisotopic (exact) mass is 253 g/mol. The van der Waals surface area contributed by atoms with Gasteiger partial charge in [-0.2, -0.15) is 0 Å². The Morgan fingerprint density at radius 3 is 2.42 bits per heavy atom. The number of anilines is 2. The first kappa shape index (κ1) is 12.9. The number of carboxylic acid groups (broad SMARTS) is 1. The van der Waals surface area contributed by atoms with Crippen LogP contribution in [0.1, 0.15) is 11.1 Å². The molecular formula is C16H15NO2. The number of hydrogen-bond donors (Lipinski definition) is 1. The molecule has 0 aromatic heterocycles. The molecule has 0 heterocycles. The molecule has 0 aliphatic heterocycles. The lowest BCUT2D eigenvalue weighted by Gasteiger charge is -2.22. The molecule has 0 radical (unpaired) electrons. The van der Waals surface area contributed by atoms with Crippen LogP contribution in [0, 0.1) is 6.92 Å². The minimum absolute atomic E-state index is 0.615. The summed E-state index contributed by atoms with van der Waals surface area (Å²) in [5.41, 5.74) is 3.06. The zero-order chi connectivity index (χ0) is 13.8. The van der Waals surface area contributed by atoms with E-state index < -0.39 is 6.09 Å². The van der Waals surface area contributed by atoms with Gasteiger partial charge in [0, 0.05) is 5.56 Å². The first-order chi connectivity index (χ1) is 9.15. The van der Waals surface area contributed by atoms with E-state index in [1.54, 1.807) is 24.3 Å². The van der Waals surface area contributed by atoms with Gasteiger partial charge < -0.3 is 5.11 Å². The highest BCUT2D eigenvalue weighted by atomic mass is 16.4. The maximum Gasteiger partial charge on any atom is 0.416 e. The molecule has 0 aliphatic rings. The third-order valence-corrected chi connectivity index (χ3v) is 2.95. The lowest BCUT2D eigenvalue weighted by atomic mass is 10.1. The first-order valence-electron chi connectivity index (χ1n) is 5.95. The fourth-order valence-corrected chi connectivity index (χ4v) is 2.06. The molecule has 0 saturated carbocycles. The van der Waals surface area contributed by atoms with E-state index in [1.807, 2.05) is 37.3 Å². The molecule has 0 spiro atoms. The van der Waals surface area contributed by atoms with Gasteiger partial charge in [-0.05, 0) is 30.7 Å². The fraction of sp³-hybridized carbons (Fsp3) is 0.0625. The van der Waals surface area contributed by atoms with Gasteiger partial charge in [0.2, 0.25) is 0 Å². The number of aryl methyl sites for hydroxylation is 1. The molecule has 3 heteroatoms. The Hall–Kier alpha value is -2.55. The van der Waals surface area contributed by atoms with Gasteiger partial charge in [-0.3, -0.25) is 0 Å².